The predicted molar refractivity (Wildman–Crippen MR) is 76.7 cm³/mol. The minimum atomic E-state index is 0. The van der Waals surface area contributed by atoms with E-state index in [9.17, 15) is 0 Å². The van der Waals surface area contributed by atoms with E-state index in [1.165, 1.54) is 5.56 Å². The van der Waals surface area contributed by atoms with Crippen molar-refractivity contribution in [2.75, 3.05) is 0 Å². The molecule has 3 heteroatoms. The monoisotopic (exact) mass is 335 g/mol. The van der Waals surface area contributed by atoms with Crippen LogP contribution in [0, 0.1) is 0 Å². The molecule has 0 aliphatic carbocycles. The maximum Gasteiger partial charge on any atom is 0.178 e. The third-order valence-electron chi connectivity index (χ3n) is 3.30. The van der Waals surface area contributed by atoms with Crippen molar-refractivity contribution in [2.24, 2.45) is 0 Å². The third kappa shape index (κ3) is 5.06. The molecule has 20 heavy (non-hydrogen) atoms. The Kier molecular flexibility index (Phi) is 7.48. The van der Waals surface area contributed by atoms with E-state index in [1.807, 2.05) is 24.3 Å². The van der Waals surface area contributed by atoms with Gasteiger partial charge in [-0.3, -0.25) is 0 Å². The molecule has 2 unspecified atom stereocenters. The number of hydrogen-bond acceptors (Lipinski definition) is 1. The average Bonchev–Trinajstić information content (AvgIpc) is 2.48. The second-order valence-corrected chi connectivity index (χ2v) is 4.83. The van der Waals surface area contributed by atoms with Crippen molar-refractivity contribution in [1.29, 1.82) is 0 Å². The van der Waals surface area contributed by atoms with Crippen LogP contribution in [0.1, 0.15) is 31.9 Å². The van der Waals surface area contributed by atoms with E-state index in [4.69, 9.17) is 4.74 Å². The van der Waals surface area contributed by atoms with Gasteiger partial charge in [0.1, 0.15) is 6.10 Å². The molecular weight excluding hydrogens is 314 g/mol. The molecule has 2 nitrogen and oxygen atoms in total. The summed E-state index contributed by atoms with van der Waals surface area (Å²) in [5, 5.41) is 0. The summed E-state index contributed by atoms with van der Waals surface area (Å²) in [5.41, 5.74) is 1.24. The van der Waals surface area contributed by atoms with E-state index < -0.39 is 0 Å². The maximum atomic E-state index is 6.17. The molecule has 108 valence electrons. The lowest BCUT2D eigenvalue weighted by molar-refractivity contribution is -0.705. The average molecular weight is 336 g/mol. The molecule has 2 rings (SSSR count). The van der Waals surface area contributed by atoms with Crippen LogP contribution in [0.5, 0.6) is 0 Å². The Balaban J connectivity index is 0.00000200. The number of rotatable bonds is 6. The van der Waals surface area contributed by atoms with Crippen LogP contribution in [0.2, 0.25) is 0 Å². The standard InChI is InChI=1S/C17H22NO.BrH/c1-3-15(2)19-17(16-10-6-4-7-11-16)14-18-12-8-5-9-13-18;/h4-13,15,17H,3,14H2,1-2H3;1H/q+1;/p-1. The van der Waals surface area contributed by atoms with E-state index in [1.54, 1.807) is 0 Å². The number of nitrogens with zero attached hydrogens (tertiary/aromatic N) is 1. The highest BCUT2D eigenvalue weighted by atomic mass is 79.9. The van der Waals surface area contributed by atoms with Crippen LogP contribution < -0.4 is 21.5 Å². The second-order valence-electron chi connectivity index (χ2n) is 4.83. The zero-order valence-electron chi connectivity index (χ0n) is 12.1. The highest BCUT2D eigenvalue weighted by Gasteiger charge is 2.19. The molecular formula is C17H22BrNO. The minimum Gasteiger partial charge on any atom is -1.00 e. The molecule has 0 aliphatic rings. The fourth-order valence-corrected chi connectivity index (χ4v) is 2.02. The van der Waals surface area contributed by atoms with E-state index in [-0.39, 0.29) is 29.2 Å². The molecule has 2 aromatic rings. The Morgan fingerprint density at radius 1 is 1.00 bits per heavy atom. The Morgan fingerprint density at radius 2 is 1.60 bits per heavy atom. The van der Waals surface area contributed by atoms with Crippen molar-refractivity contribution in [1.82, 2.24) is 0 Å². The van der Waals surface area contributed by atoms with Gasteiger partial charge in [-0.25, -0.2) is 4.57 Å². The Morgan fingerprint density at radius 3 is 2.20 bits per heavy atom. The number of benzene rings is 1. The zero-order chi connectivity index (χ0) is 13.5. The van der Waals surface area contributed by atoms with Crippen molar-refractivity contribution in [2.45, 2.75) is 39.0 Å². The zero-order valence-corrected chi connectivity index (χ0v) is 13.7. The fourth-order valence-electron chi connectivity index (χ4n) is 2.02. The molecule has 1 aromatic carbocycles. The van der Waals surface area contributed by atoms with Gasteiger partial charge in [0.25, 0.3) is 0 Å². The predicted octanol–water partition coefficient (Wildman–Crippen LogP) is 0.535. The second kappa shape index (κ2) is 8.88. The first-order valence-corrected chi connectivity index (χ1v) is 6.94. The van der Waals surface area contributed by atoms with E-state index in [0.717, 1.165) is 13.0 Å². The molecule has 1 heterocycles. The van der Waals surface area contributed by atoms with Crippen LogP contribution >= 0.6 is 0 Å². The van der Waals surface area contributed by atoms with Gasteiger partial charge >= 0.3 is 0 Å². The van der Waals surface area contributed by atoms with Crippen LogP contribution in [0.3, 0.4) is 0 Å². The minimum absolute atomic E-state index is 0. The highest BCUT2D eigenvalue weighted by molar-refractivity contribution is 5.17. The molecule has 0 N–H and O–H groups in total. The van der Waals surface area contributed by atoms with Gasteiger partial charge in [-0.2, -0.15) is 0 Å². The summed E-state index contributed by atoms with van der Waals surface area (Å²) in [6.45, 7) is 5.13. The van der Waals surface area contributed by atoms with E-state index in [2.05, 4.69) is 55.1 Å². The number of halogens is 1. The van der Waals surface area contributed by atoms with Crippen LogP contribution in [0.4, 0.5) is 0 Å². The number of hydrogen-bond donors (Lipinski definition) is 0. The van der Waals surface area contributed by atoms with Crippen molar-refractivity contribution in [3.8, 4) is 0 Å². The molecule has 0 saturated carbocycles. The molecule has 1 aromatic heterocycles. The number of ether oxygens (including phenoxy) is 1. The number of pyridine rings is 1. The summed E-state index contributed by atoms with van der Waals surface area (Å²) < 4.78 is 8.34. The summed E-state index contributed by atoms with van der Waals surface area (Å²) in [7, 11) is 0. The van der Waals surface area contributed by atoms with Gasteiger partial charge in [0.15, 0.2) is 18.9 Å². The largest absolute Gasteiger partial charge is 1.00 e. The summed E-state index contributed by atoms with van der Waals surface area (Å²) in [6.07, 6.45) is 5.56. The highest BCUT2D eigenvalue weighted by Crippen LogP contribution is 2.20. The van der Waals surface area contributed by atoms with E-state index >= 15 is 0 Å². The van der Waals surface area contributed by atoms with Crippen molar-refractivity contribution < 1.29 is 26.3 Å². The van der Waals surface area contributed by atoms with Crippen LogP contribution in [-0.2, 0) is 11.3 Å². The third-order valence-corrected chi connectivity index (χ3v) is 3.30. The summed E-state index contributed by atoms with van der Waals surface area (Å²) in [6, 6.07) is 16.6. The van der Waals surface area contributed by atoms with Gasteiger partial charge in [-0.05, 0) is 18.9 Å². The fraction of sp³-hybridized carbons (Fsp3) is 0.353. The quantitative estimate of drug-likeness (QED) is 0.702. The lowest BCUT2D eigenvalue weighted by atomic mass is 10.1. The normalized spacial score (nSPS) is 13.3. The summed E-state index contributed by atoms with van der Waals surface area (Å²) >= 11 is 0. The molecule has 0 bridgehead atoms. The number of aromatic nitrogens is 1. The van der Waals surface area contributed by atoms with Crippen LogP contribution in [-0.4, -0.2) is 6.10 Å². The van der Waals surface area contributed by atoms with Gasteiger partial charge < -0.3 is 21.7 Å². The summed E-state index contributed by atoms with van der Waals surface area (Å²) in [5.74, 6) is 0. The first kappa shape index (κ1) is 16.9. The van der Waals surface area contributed by atoms with Gasteiger partial charge in [-0.1, -0.05) is 43.3 Å². The van der Waals surface area contributed by atoms with Gasteiger partial charge in [0.05, 0.1) is 6.10 Å². The van der Waals surface area contributed by atoms with Crippen molar-refractivity contribution in [3.63, 3.8) is 0 Å². The lowest BCUT2D eigenvalue weighted by Gasteiger charge is -2.19. The van der Waals surface area contributed by atoms with Gasteiger partial charge in [-0.15, -0.1) is 0 Å². The van der Waals surface area contributed by atoms with Crippen LogP contribution in [0.15, 0.2) is 60.9 Å². The van der Waals surface area contributed by atoms with Gasteiger partial charge in [0, 0.05) is 12.1 Å². The topological polar surface area (TPSA) is 13.1 Å². The Hall–Kier alpha value is -1.19. The summed E-state index contributed by atoms with van der Waals surface area (Å²) in [4.78, 5) is 0. The van der Waals surface area contributed by atoms with Crippen LogP contribution in [0.25, 0.3) is 0 Å². The lowest BCUT2D eigenvalue weighted by Crippen LogP contribution is -3.00. The molecule has 2 atom stereocenters. The smallest absolute Gasteiger partial charge is 0.178 e. The van der Waals surface area contributed by atoms with E-state index in [0.29, 0.717) is 0 Å². The first-order chi connectivity index (χ1) is 9.29. The Bertz CT molecular complexity index is 475. The Labute approximate surface area is 132 Å². The van der Waals surface area contributed by atoms with Crippen molar-refractivity contribution >= 4 is 0 Å². The van der Waals surface area contributed by atoms with Gasteiger partial charge in [0.2, 0.25) is 0 Å². The maximum absolute atomic E-state index is 6.17. The molecule has 0 spiro atoms. The molecule has 0 aliphatic heterocycles. The molecule has 0 saturated heterocycles. The molecule has 0 fully saturated rings. The first-order valence-electron chi connectivity index (χ1n) is 6.94. The molecule has 0 amide bonds. The molecule has 0 radical (unpaired) electrons. The SMILES string of the molecule is CCC(C)OC(C[n+]1ccccc1)c1ccccc1.[Br-]. The van der Waals surface area contributed by atoms with Crippen molar-refractivity contribution in [3.05, 3.63) is 66.5 Å².